The van der Waals surface area contributed by atoms with Gasteiger partial charge in [-0.05, 0) is 19.8 Å². The Morgan fingerprint density at radius 1 is 1.69 bits per heavy atom. The first-order valence-electron chi connectivity index (χ1n) is 4.86. The van der Waals surface area contributed by atoms with E-state index < -0.39 is 0 Å². The van der Waals surface area contributed by atoms with Crippen LogP contribution in [-0.2, 0) is 4.79 Å². The van der Waals surface area contributed by atoms with E-state index in [1.807, 2.05) is 24.8 Å². The number of nitrogens with zero attached hydrogens (tertiary/aromatic N) is 1. The minimum atomic E-state index is 0.148. The van der Waals surface area contributed by atoms with Crippen LogP contribution < -0.4 is 5.73 Å². The topological polar surface area (TPSA) is 46.3 Å². The van der Waals surface area contributed by atoms with Crippen LogP contribution in [0.2, 0.25) is 0 Å². The van der Waals surface area contributed by atoms with Crippen molar-refractivity contribution in [1.29, 1.82) is 0 Å². The van der Waals surface area contributed by atoms with Crippen molar-refractivity contribution in [2.75, 3.05) is 13.1 Å². The fourth-order valence-corrected chi connectivity index (χ4v) is 1.61. The lowest BCUT2D eigenvalue weighted by Gasteiger charge is -2.15. The monoisotopic (exact) mass is 182 g/mol. The summed E-state index contributed by atoms with van der Waals surface area (Å²) in [6.45, 7) is 5.44. The lowest BCUT2D eigenvalue weighted by atomic mass is 10.2. The molecule has 1 fully saturated rings. The molecule has 1 rings (SSSR count). The summed E-state index contributed by atoms with van der Waals surface area (Å²) in [5, 5.41) is 0. The number of nitrogens with two attached hydrogens (primary N) is 1. The van der Waals surface area contributed by atoms with E-state index in [0.29, 0.717) is 6.54 Å². The number of allylic oxidation sites excluding steroid dienone is 1. The molecule has 1 aliphatic rings. The van der Waals surface area contributed by atoms with Crippen molar-refractivity contribution in [3.05, 3.63) is 11.6 Å². The van der Waals surface area contributed by atoms with E-state index in [1.165, 1.54) is 0 Å². The highest BCUT2D eigenvalue weighted by molar-refractivity contribution is 5.93. The Morgan fingerprint density at radius 3 is 2.85 bits per heavy atom. The first kappa shape index (κ1) is 10.3. The smallest absolute Gasteiger partial charge is 0.249 e. The van der Waals surface area contributed by atoms with Crippen LogP contribution in [0.5, 0.6) is 0 Å². The number of rotatable bonds is 2. The van der Waals surface area contributed by atoms with E-state index in [0.717, 1.165) is 25.0 Å². The summed E-state index contributed by atoms with van der Waals surface area (Å²) in [4.78, 5) is 13.5. The number of likely N-dealkylation sites (tertiary alicyclic amines) is 1. The normalized spacial score (nSPS) is 23.8. The van der Waals surface area contributed by atoms with Gasteiger partial charge in [0.05, 0.1) is 0 Å². The van der Waals surface area contributed by atoms with Gasteiger partial charge in [0.2, 0.25) is 5.91 Å². The Balaban J connectivity index is 2.53. The van der Waals surface area contributed by atoms with Crippen LogP contribution in [0.1, 0.15) is 26.7 Å². The second-order valence-corrected chi connectivity index (χ2v) is 3.60. The average Bonchev–Trinajstić information content (AvgIpc) is 2.51. The standard InChI is InChI=1S/C10H18N2O/c1-3-4-8(2)10(13)12-6-5-9(11)7-12/h4,9H,3,5-7,11H2,1-2H3/b8-4-/t9-/m1/s1. The molecule has 1 saturated heterocycles. The summed E-state index contributed by atoms with van der Waals surface area (Å²) in [5.41, 5.74) is 6.57. The highest BCUT2D eigenvalue weighted by Gasteiger charge is 2.23. The summed E-state index contributed by atoms with van der Waals surface area (Å²) in [7, 11) is 0. The Kier molecular flexibility index (Phi) is 3.48. The van der Waals surface area contributed by atoms with Crippen LogP contribution in [-0.4, -0.2) is 29.9 Å². The van der Waals surface area contributed by atoms with Gasteiger partial charge in [0.25, 0.3) is 0 Å². The van der Waals surface area contributed by atoms with Gasteiger partial charge in [-0.3, -0.25) is 4.79 Å². The molecule has 0 aromatic rings. The van der Waals surface area contributed by atoms with E-state index in [2.05, 4.69) is 0 Å². The molecular weight excluding hydrogens is 164 g/mol. The third kappa shape index (κ3) is 2.56. The van der Waals surface area contributed by atoms with Crippen molar-refractivity contribution in [2.45, 2.75) is 32.7 Å². The van der Waals surface area contributed by atoms with Crippen molar-refractivity contribution in [1.82, 2.24) is 4.90 Å². The fourth-order valence-electron chi connectivity index (χ4n) is 1.61. The number of carbonyl (C=O) groups is 1. The van der Waals surface area contributed by atoms with Gasteiger partial charge < -0.3 is 10.6 Å². The molecule has 0 spiro atoms. The Hall–Kier alpha value is -0.830. The van der Waals surface area contributed by atoms with E-state index >= 15 is 0 Å². The number of hydrogen-bond donors (Lipinski definition) is 1. The van der Waals surface area contributed by atoms with Crippen molar-refractivity contribution >= 4 is 5.91 Å². The van der Waals surface area contributed by atoms with Crippen LogP contribution >= 0.6 is 0 Å². The van der Waals surface area contributed by atoms with Gasteiger partial charge in [-0.2, -0.15) is 0 Å². The quantitative estimate of drug-likeness (QED) is 0.645. The van der Waals surface area contributed by atoms with Gasteiger partial charge in [-0.25, -0.2) is 0 Å². The molecule has 1 heterocycles. The van der Waals surface area contributed by atoms with Gasteiger partial charge in [-0.15, -0.1) is 0 Å². The fraction of sp³-hybridized carbons (Fsp3) is 0.700. The minimum Gasteiger partial charge on any atom is -0.337 e. The Morgan fingerprint density at radius 2 is 2.38 bits per heavy atom. The zero-order chi connectivity index (χ0) is 9.84. The summed E-state index contributed by atoms with van der Waals surface area (Å²) < 4.78 is 0. The van der Waals surface area contributed by atoms with E-state index in [-0.39, 0.29) is 11.9 Å². The molecule has 0 radical (unpaired) electrons. The summed E-state index contributed by atoms with van der Waals surface area (Å²) >= 11 is 0. The molecule has 1 atom stereocenters. The molecule has 0 aromatic heterocycles. The summed E-state index contributed by atoms with van der Waals surface area (Å²) in [6.07, 6.45) is 3.81. The lowest BCUT2D eigenvalue weighted by molar-refractivity contribution is -0.126. The first-order valence-corrected chi connectivity index (χ1v) is 4.86. The molecule has 0 saturated carbocycles. The van der Waals surface area contributed by atoms with E-state index in [4.69, 9.17) is 5.73 Å². The van der Waals surface area contributed by atoms with Crippen LogP contribution in [0.25, 0.3) is 0 Å². The maximum absolute atomic E-state index is 11.7. The molecule has 13 heavy (non-hydrogen) atoms. The molecule has 3 heteroatoms. The van der Waals surface area contributed by atoms with Crippen molar-refractivity contribution < 1.29 is 4.79 Å². The van der Waals surface area contributed by atoms with Crippen LogP contribution in [0.4, 0.5) is 0 Å². The number of hydrogen-bond acceptors (Lipinski definition) is 2. The third-order valence-corrected chi connectivity index (χ3v) is 2.36. The molecule has 1 aliphatic heterocycles. The van der Waals surface area contributed by atoms with Gasteiger partial charge in [0, 0.05) is 24.7 Å². The second-order valence-electron chi connectivity index (χ2n) is 3.60. The van der Waals surface area contributed by atoms with Gasteiger partial charge in [-0.1, -0.05) is 13.0 Å². The molecule has 0 unspecified atom stereocenters. The Bertz CT molecular complexity index is 223. The van der Waals surface area contributed by atoms with Crippen molar-refractivity contribution in [3.63, 3.8) is 0 Å². The Labute approximate surface area is 79.6 Å². The molecule has 0 aromatic carbocycles. The highest BCUT2D eigenvalue weighted by atomic mass is 16.2. The van der Waals surface area contributed by atoms with Gasteiger partial charge in [0.15, 0.2) is 0 Å². The summed E-state index contributed by atoms with van der Waals surface area (Å²) in [6, 6.07) is 0.179. The van der Waals surface area contributed by atoms with Crippen LogP contribution in [0, 0.1) is 0 Å². The minimum absolute atomic E-state index is 0.148. The lowest BCUT2D eigenvalue weighted by Crippen LogP contribution is -2.32. The number of amides is 1. The third-order valence-electron chi connectivity index (χ3n) is 2.36. The van der Waals surface area contributed by atoms with Crippen molar-refractivity contribution in [3.8, 4) is 0 Å². The molecule has 3 nitrogen and oxygen atoms in total. The van der Waals surface area contributed by atoms with Gasteiger partial charge in [0.1, 0.15) is 0 Å². The molecule has 0 aliphatic carbocycles. The molecule has 1 amide bonds. The SMILES string of the molecule is CC/C=C(/C)C(=O)N1CC[C@@H](N)C1. The largest absolute Gasteiger partial charge is 0.337 e. The summed E-state index contributed by atoms with van der Waals surface area (Å²) in [5.74, 6) is 0.148. The maximum Gasteiger partial charge on any atom is 0.249 e. The zero-order valence-electron chi connectivity index (χ0n) is 8.42. The first-order chi connectivity index (χ1) is 6.15. The number of carbonyl (C=O) groups excluding carboxylic acids is 1. The highest BCUT2D eigenvalue weighted by Crippen LogP contribution is 2.11. The molecule has 74 valence electrons. The van der Waals surface area contributed by atoms with Gasteiger partial charge >= 0.3 is 0 Å². The predicted octanol–water partition coefficient (Wildman–Crippen LogP) is 0.902. The van der Waals surface area contributed by atoms with E-state index in [1.54, 1.807) is 0 Å². The van der Waals surface area contributed by atoms with Crippen LogP contribution in [0.15, 0.2) is 11.6 Å². The zero-order valence-corrected chi connectivity index (χ0v) is 8.42. The van der Waals surface area contributed by atoms with Crippen molar-refractivity contribution in [2.24, 2.45) is 5.73 Å². The molecule has 0 bridgehead atoms. The predicted molar refractivity (Wildman–Crippen MR) is 53.2 cm³/mol. The van der Waals surface area contributed by atoms with E-state index in [9.17, 15) is 4.79 Å². The molecule has 2 N–H and O–H groups in total. The maximum atomic E-state index is 11.7. The molecular formula is C10H18N2O. The second kappa shape index (κ2) is 4.42. The average molecular weight is 182 g/mol. The van der Waals surface area contributed by atoms with Crippen LogP contribution in [0.3, 0.4) is 0 Å².